The van der Waals surface area contributed by atoms with Crippen molar-refractivity contribution in [1.29, 1.82) is 0 Å². The van der Waals surface area contributed by atoms with E-state index in [4.69, 9.17) is 0 Å². The third-order valence-electron chi connectivity index (χ3n) is 2.95. The Hall–Kier alpha value is -0.570. The van der Waals surface area contributed by atoms with Crippen molar-refractivity contribution in [3.63, 3.8) is 0 Å². The Morgan fingerprint density at radius 3 is 2.54 bits per heavy atom. The van der Waals surface area contributed by atoms with Crippen molar-refractivity contribution in [2.24, 2.45) is 5.92 Å². The Labute approximate surface area is 80.5 Å². The molecule has 2 unspecified atom stereocenters. The van der Waals surface area contributed by atoms with Gasteiger partial charge in [-0.25, -0.2) is 0 Å². The number of nitrogens with zero attached hydrogens (tertiary/aromatic N) is 1. The Bertz CT molecular complexity index is 191. The van der Waals surface area contributed by atoms with Crippen LogP contribution in [-0.2, 0) is 4.79 Å². The fourth-order valence-electron chi connectivity index (χ4n) is 1.60. The lowest BCUT2D eigenvalue weighted by Crippen LogP contribution is -2.39. The highest BCUT2D eigenvalue weighted by molar-refractivity contribution is 5.83. The summed E-state index contributed by atoms with van der Waals surface area (Å²) in [6.45, 7) is 9.17. The normalized spacial score (nSPS) is 25.8. The van der Waals surface area contributed by atoms with Crippen LogP contribution in [0, 0.1) is 5.92 Å². The van der Waals surface area contributed by atoms with Crippen molar-refractivity contribution in [3.8, 4) is 0 Å². The predicted molar refractivity (Wildman–Crippen MR) is 53.2 cm³/mol. The minimum absolute atomic E-state index is 0.0567. The largest absolute Gasteiger partial charge is 0.326 e. The van der Waals surface area contributed by atoms with Crippen LogP contribution in [0.5, 0.6) is 0 Å². The van der Waals surface area contributed by atoms with Gasteiger partial charge in [0.15, 0.2) is 0 Å². The Morgan fingerprint density at radius 2 is 2.15 bits per heavy atom. The quantitative estimate of drug-likeness (QED) is 0.714. The van der Waals surface area contributed by atoms with E-state index in [0.29, 0.717) is 12.0 Å². The molecular weight excluding hydrogens is 164 g/mol. The van der Waals surface area contributed by atoms with Crippen molar-refractivity contribution in [3.05, 3.63) is 0 Å². The number of carbonyl (C=O) groups is 1. The van der Waals surface area contributed by atoms with E-state index in [2.05, 4.69) is 26.1 Å². The second kappa shape index (κ2) is 4.09. The molecule has 1 amide bonds. The van der Waals surface area contributed by atoms with Gasteiger partial charge in [0.1, 0.15) is 0 Å². The smallest absolute Gasteiger partial charge is 0.241 e. The highest BCUT2D eigenvalue weighted by Crippen LogP contribution is 2.15. The Balaban J connectivity index is 2.59. The van der Waals surface area contributed by atoms with Gasteiger partial charge in [-0.2, -0.15) is 0 Å². The molecule has 0 saturated carbocycles. The molecule has 13 heavy (non-hydrogen) atoms. The highest BCUT2D eigenvalue weighted by Gasteiger charge is 2.33. The summed E-state index contributed by atoms with van der Waals surface area (Å²) in [5.74, 6) is 0.796. The molecule has 0 aromatic carbocycles. The average Bonchev–Trinajstić information content (AvgIpc) is 2.45. The predicted octanol–water partition coefficient (Wildman–Crippen LogP) is 1.20. The van der Waals surface area contributed by atoms with Crippen LogP contribution >= 0.6 is 0 Å². The molecule has 1 aliphatic heterocycles. The third kappa shape index (κ3) is 2.02. The van der Waals surface area contributed by atoms with Crippen molar-refractivity contribution in [2.45, 2.75) is 46.2 Å². The van der Waals surface area contributed by atoms with E-state index < -0.39 is 0 Å². The lowest BCUT2D eigenvalue weighted by molar-refractivity contribution is -0.131. The zero-order chi connectivity index (χ0) is 10.0. The van der Waals surface area contributed by atoms with E-state index in [1.54, 1.807) is 0 Å². The van der Waals surface area contributed by atoms with Gasteiger partial charge < -0.3 is 4.90 Å². The molecule has 0 spiro atoms. The zero-order valence-corrected chi connectivity index (χ0v) is 9.00. The van der Waals surface area contributed by atoms with E-state index in [1.165, 1.54) is 0 Å². The molecule has 3 nitrogen and oxygen atoms in total. The Morgan fingerprint density at radius 1 is 1.54 bits per heavy atom. The van der Waals surface area contributed by atoms with Gasteiger partial charge >= 0.3 is 0 Å². The summed E-state index contributed by atoms with van der Waals surface area (Å²) in [5, 5.41) is 3.22. The first-order valence-electron chi connectivity index (χ1n) is 5.11. The lowest BCUT2D eigenvalue weighted by atomic mass is 10.0. The molecule has 76 valence electrons. The van der Waals surface area contributed by atoms with Gasteiger partial charge in [0.05, 0.1) is 12.7 Å². The number of amides is 1. The summed E-state index contributed by atoms with van der Waals surface area (Å²) in [5.41, 5.74) is 0. The monoisotopic (exact) mass is 184 g/mol. The van der Waals surface area contributed by atoms with Gasteiger partial charge in [0.25, 0.3) is 0 Å². The summed E-state index contributed by atoms with van der Waals surface area (Å²) in [7, 11) is 0. The van der Waals surface area contributed by atoms with Crippen molar-refractivity contribution >= 4 is 5.91 Å². The first-order chi connectivity index (χ1) is 6.07. The van der Waals surface area contributed by atoms with Crippen LogP contribution in [0.2, 0.25) is 0 Å². The van der Waals surface area contributed by atoms with Crippen LogP contribution in [0.25, 0.3) is 0 Å². The molecule has 1 rings (SSSR count). The lowest BCUT2D eigenvalue weighted by Gasteiger charge is -2.26. The highest BCUT2D eigenvalue weighted by atomic mass is 16.2. The second-order valence-electron chi connectivity index (χ2n) is 4.12. The Kier molecular flexibility index (Phi) is 3.31. The van der Waals surface area contributed by atoms with Gasteiger partial charge in [-0.1, -0.05) is 20.8 Å². The standard InChI is InChI=1S/C10H20N2O/c1-5-9-10(13)12(6-11-9)8(4)7(2)3/h7-9,11H,5-6H2,1-4H3. The first kappa shape index (κ1) is 10.5. The third-order valence-corrected chi connectivity index (χ3v) is 2.95. The molecule has 1 fully saturated rings. The molecule has 0 radical (unpaired) electrons. The van der Waals surface area contributed by atoms with Crippen LogP contribution in [0.1, 0.15) is 34.1 Å². The van der Waals surface area contributed by atoms with E-state index in [-0.39, 0.29) is 11.9 Å². The van der Waals surface area contributed by atoms with Gasteiger partial charge in [0.2, 0.25) is 5.91 Å². The minimum Gasteiger partial charge on any atom is -0.326 e. The van der Waals surface area contributed by atoms with Crippen molar-refractivity contribution < 1.29 is 4.79 Å². The molecule has 0 bridgehead atoms. The molecule has 1 aliphatic rings. The van der Waals surface area contributed by atoms with Crippen LogP contribution in [0.4, 0.5) is 0 Å². The molecule has 3 heteroatoms. The molecular formula is C10H20N2O. The fourth-order valence-corrected chi connectivity index (χ4v) is 1.60. The summed E-state index contributed by atoms with van der Waals surface area (Å²) in [6.07, 6.45) is 0.889. The number of hydrogen-bond acceptors (Lipinski definition) is 2. The maximum absolute atomic E-state index is 11.7. The van der Waals surface area contributed by atoms with Gasteiger partial charge in [-0.15, -0.1) is 0 Å². The van der Waals surface area contributed by atoms with E-state index in [0.717, 1.165) is 13.1 Å². The van der Waals surface area contributed by atoms with Crippen molar-refractivity contribution in [1.82, 2.24) is 10.2 Å². The van der Waals surface area contributed by atoms with Gasteiger partial charge in [0, 0.05) is 6.04 Å². The fraction of sp³-hybridized carbons (Fsp3) is 0.900. The number of nitrogens with one attached hydrogen (secondary N) is 1. The van der Waals surface area contributed by atoms with E-state index >= 15 is 0 Å². The number of hydrogen-bond donors (Lipinski definition) is 1. The maximum atomic E-state index is 11.7. The first-order valence-corrected chi connectivity index (χ1v) is 5.11. The van der Waals surface area contributed by atoms with E-state index in [9.17, 15) is 4.79 Å². The average molecular weight is 184 g/mol. The van der Waals surface area contributed by atoms with Crippen LogP contribution in [-0.4, -0.2) is 29.6 Å². The molecule has 0 aromatic heterocycles. The summed E-state index contributed by atoms with van der Waals surface area (Å²) >= 11 is 0. The SMILES string of the molecule is CCC1NCN(C(C)C(C)C)C1=O. The minimum atomic E-state index is 0.0567. The number of rotatable bonds is 3. The second-order valence-corrected chi connectivity index (χ2v) is 4.12. The van der Waals surface area contributed by atoms with Crippen LogP contribution in [0.15, 0.2) is 0 Å². The molecule has 1 saturated heterocycles. The van der Waals surface area contributed by atoms with Crippen molar-refractivity contribution in [2.75, 3.05) is 6.67 Å². The molecule has 1 heterocycles. The maximum Gasteiger partial charge on any atom is 0.241 e. The molecule has 2 atom stereocenters. The van der Waals surface area contributed by atoms with Gasteiger partial charge in [-0.3, -0.25) is 10.1 Å². The topological polar surface area (TPSA) is 32.3 Å². The number of carbonyl (C=O) groups excluding carboxylic acids is 1. The van der Waals surface area contributed by atoms with E-state index in [1.807, 2.05) is 11.8 Å². The van der Waals surface area contributed by atoms with Crippen LogP contribution < -0.4 is 5.32 Å². The summed E-state index contributed by atoms with van der Waals surface area (Å²) in [4.78, 5) is 13.7. The molecule has 1 N–H and O–H groups in total. The van der Waals surface area contributed by atoms with Crippen LogP contribution in [0.3, 0.4) is 0 Å². The summed E-state index contributed by atoms with van der Waals surface area (Å²) < 4.78 is 0. The zero-order valence-electron chi connectivity index (χ0n) is 9.00. The molecule has 0 aliphatic carbocycles. The van der Waals surface area contributed by atoms with Gasteiger partial charge in [-0.05, 0) is 19.3 Å². The molecule has 0 aromatic rings. The summed E-state index contributed by atoms with van der Waals surface area (Å²) in [6, 6.07) is 0.401.